The fraction of sp³-hybridized carbons (Fsp3) is 1.00. The first kappa shape index (κ1) is 11.6. The molecule has 1 aliphatic rings. The Morgan fingerprint density at radius 3 is 3.00 bits per heavy atom. The van der Waals surface area contributed by atoms with Crippen molar-refractivity contribution in [2.45, 2.75) is 25.1 Å². The minimum Gasteiger partial charge on any atom is -0.390 e. The van der Waals surface area contributed by atoms with E-state index in [4.69, 9.17) is 8.17 Å². The number of piperidine rings is 1. The molecular weight excluding hydrogens is 288 g/mol. The van der Waals surface area contributed by atoms with E-state index in [-0.39, 0.29) is 0 Å². The Morgan fingerprint density at radius 2 is 2.38 bits per heavy atom. The van der Waals surface area contributed by atoms with Crippen LogP contribution < -0.4 is 0 Å². The SMILES string of the molecule is O[C@H]1CCN(CCCOI)C[C@@H]1F. The highest BCUT2D eigenvalue weighted by atomic mass is 127. The lowest BCUT2D eigenvalue weighted by molar-refractivity contribution is 0.00573. The van der Waals surface area contributed by atoms with Gasteiger partial charge in [0.05, 0.1) is 12.7 Å². The van der Waals surface area contributed by atoms with E-state index < -0.39 is 12.3 Å². The van der Waals surface area contributed by atoms with Gasteiger partial charge in [-0.25, -0.2) is 4.39 Å². The van der Waals surface area contributed by atoms with Crippen LogP contribution in [0.1, 0.15) is 12.8 Å². The van der Waals surface area contributed by atoms with Gasteiger partial charge >= 0.3 is 0 Å². The van der Waals surface area contributed by atoms with Crippen molar-refractivity contribution in [3.8, 4) is 0 Å². The summed E-state index contributed by atoms with van der Waals surface area (Å²) < 4.78 is 17.9. The Morgan fingerprint density at radius 1 is 1.62 bits per heavy atom. The van der Waals surface area contributed by atoms with E-state index in [0.717, 1.165) is 19.5 Å². The molecule has 3 nitrogen and oxygen atoms in total. The van der Waals surface area contributed by atoms with Gasteiger partial charge in [-0.2, -0.15) is 0 Å². The number of hydrogen-bond acceptors (Lipinski definition) is 3. The molecule has 0 saturated carbocycles. The van der Waals surface area contributed by atoms with Crippen LogP contribution in [0.25, 0.3) is 0 Å². The minimum absolute atomic E-state index is 0.364. The average molecular weight is 303 g/mol. The van der Waals surface area contributed by atoms with E-state index >= 15 is 0 Å². The Hall–Kier alpha value is 0.540. The van der Waals surface area contributed by atoms with Gasteiger partial charge in [0.15, 0.2) is 0 Å². The second kappa shape index (κ2) is 6.10. The third-order valence-electron chi connectivity index (χ3n) is 2.29. The molecule has 0 amide bonds. The van der Waals surface area contributed by atoms with E-state index in [1.165, 1.54) is 0 Å². The van der Waals surface area contributed by atoms with E-state index in [9.17, 15) is 4.39 Å². The second-order valence-electron chi connectivity index (χ2n) is 3.34. The fourth-order valence-corrected chi connectivity index (χ4v) is 1.81. The number of halogens is 2. The van der Waals surface area contributed by atoms with Crippen molar-refractivity contribution >= 4 is 23.0 Å². The Bertz CT molecular complexity index is 150. The van der Waals surface area contributed by atoms with Crippen LogP contribution in [0.2, 0.25) is 0 Å². The molecule has 1 N–H and O–H groups in total. The zero-order chi connectivity index (χ0) is 9.68. The first-order valence-electron chi connectivity index (χ1n) is 4.52. The zero-order valence-electron chi connectivity index (χ0n) is 7.46. The number of hydrogen-bond donors (Lipinski definition) is 1. The van der Waals surface area contributed by atoms with Crippen molar-refractivity contribution in [2.24, 2.45) is 0 Å². The van der Waals surface area contributed by atoms with Crippen molar-refractivity contribution in [2.75, 3.05) is 26.2 Å². The molecule has 0 unspecified atom stereocenters. The molecular formula is C8H15FINO2. The molecule has 1 saturated heterocycles. The van der Waals surface area contributed by atoms with Crippen molar-refractivity contribution < 1.29 is 12.6 Å². The van der Waals surface area contributed by atoms with Crippen LogP contribution in [0.15, 0.2) is 0 Å². The first-order valence-corrected chi connectivity index (χ1v) is 5.40. The van der Waals surface area contributed by atoms with Gasteiger partial charge in [-0.3, -0.25) is 0 Å². The molecule has 2 atom stereocenters. The van der Waals surface area contributed by atoms with Gasteiger partial charge in [0, 0.05) is 19.6 Å². The third-order valence-corrected chi connectivity index (χ3v) is 2.73. The van der Waals surface area contributed by atoms with E-state index in [1.54, 1.807) is 0 Å². The summed E-state index contributed by atoms with van der Waals surface area (Å²) in [4.78, 5) is 2.03. The largest absolute Gasteiger partial charge is 0.390 e. The molecule has 0 aromatic rings. The van der Waals surface area contributed by atoms with Gasteiger partial charge in [0.1, 0.15) is 29.2 Å². The number of alkyl halides is 1. The number of rotatable bonds is 4. The molecule has 1 heterocycles. The van der Waals surface area contributed by atoms with Gasteiger partial charge in [0.25, 0.3) is 0 Å². The van der Waals surface area contributed by atoms with Crippen LogP contribution >= 0.6 is 23.0 Å². The molecule has 1 rings (SSSR count). The first-order chi connectivity index (χ1) is 6.24. The molecule has 78 valence electrons. The number of nitrogens with zero attached hydrogens (tertiary/aromatic N) is 1. The van der Waals surface area contributed by atoms with E-state index in [0.29, 0.717) is 19.6 Å². The fourth-order valence-electron chi connectivity index (χ4n) is 1.50. The van der Waals surface area contributed by atoms with E-state index in [2.05, 4.69) is 0 Å². The quantitative estimate of drug-likeness (QED) is 0.625. The van der Waals surface area contributed by atoms with Gasteiger partial charge in [0.2, 0.25) is 0 Å². The highest BCUT2D eigenvalue weighted by molar-refractivity contribution is 14.1. The van der Waals surface area contributed by atoms with Crippen molar-refractivity contribution in [1.82, 2.24) is 4.90 Å². The summed E-state index contributed by atoms with van der Waals surface area (Å²) in [7, 11) is 0. The molecule has 1 fully saturated rings. The van der Waals surface area contributed by atoms with Crippen LogP contribution in [0.4, 0.5) is 4.39 Å². The zero-order valence-corrected chi connectivity index (χ0v) is 9.61. The second-order valence-corrected chi connectivity index (χ2v) is 3.96. The maximum Gasteiger partial charge on any atom is 0.138 e. The third kappa shape index (κ3) is 4.05. The maximum absolute atomic E-state index is 13.0. The molecule has 13 heavy (non-hydrogen) atoms. The van der Waals surface area contributed by atoms with Crippen molar-refractivity contribution in [3.63, 3.8) is 0 Å². The molecule has 1 aliphatic heterocycles. The molecule has 0 radical (unpaired) electrons. The van der Waals surface area contributed by atoms with Gasteiger partial charge in [-0.05, 0) is 12.8 Å². The van der Waals surface area contributed by atoms with E-state index in [1.807, 2.05) is 27.9 Å². The molecule has 0 aliphatic carbocycles. The maximum atomic E-state index is 13.0. The summed E-state index contributed by atoms with van der Waals surface area (Å²) in [5.41, 5.74) is 0. The molecule has 0 bridgehead atoms. The topological polar surface area (TPSA) is 32.7 Å². The molecule has 0 aromatic heterocycles. The lowest BCUT2D eigenvalue weighted by atomic mass is 10.1. The number of aliphatic hydroxyl groups is 1. The predicted molar refractivity (Wildman–Crippen MR) is 56.5 cm³/mol. The Balaban J connectivity index is 2.14. The van der Waals surface area contributed by atoms with Crippen LogP contribution in [-0.2, 0) is 3.07 Å². The summed E-state index contributed by atoms with van der Waals surface area (Å²) in [6.07, 6.45) is -0.357. The monoisotopic (exact) mass is 303 g/mol. The standard InChI is InChI=1S/C8H15FINO2/c9-7-6-11(3-1-5-13-10)4-2-8(7)12/h7-8,12H,1-6H2/t7-,8-/m0/s1. The number of likely N-dealkylation sites (tertiary alicyclic amines) is 1. The summed E-state index contributed by atoms with van der Waals surface area (Å²) in [6, 6.07) is 0. The highest BCUT2D eigenvalue weighted by Gasteiger charge is 2.26. The van der Waals surface area contributed by atoms with Crippen LogP contribution in [0.5, 0.6) is 0 Å². The van der Waals surface area contributed by atoms with Gasteiger partial charge in [-0.15, -0.1) is 0 Å². The smallest absolute Gasteiger partial charge is 0.138 e. The predicted octanol–water partition coefficient (Wildman–Crippen LogP) is 1.15. The summed E-state index contributed by atoms with van der Waals surface area (Å²) in [5.74, 6) is 0. The lowest BCUT2D eigenvalue weighted by Crippen LogP contribution is -2.44. The molecule has 0 aromatic carbocycles. The van der Waals surface area contributed by atoms with Crippen LogP contribution in [-0.4, -0.2) is 48.5 Å². The number of aliphatic hydroxyl groups excluding tert-OH is 1. The molecule has 0 spiro atoms. The summed E-state index contributed by atoms with van der Waals surface area (Å²) in [5, 5.41) is 9.14. The molecule has 5 heteroatoms. The average Bonchev–Trinajstić information content (AvgIpc) is 2.12. The van der Waals surface area contributed by atoms with Crippen LogP contribution in [0, 0.1) is 0 Å². The Labute approximate surface area is 91.9 Å². The van der Waals surface area contributed by atoms with Crippen LogP contribution in [0.3, 0.4) is 0 Å². The highest BCUT2D eigenvalue weighted by Crippen LogP contribution is 2.13. The minimum atomic E-state index is -1.07. The Kier molecular flexibility index (Phi) is 5.45. The normalized spacial score (nSPS) is 30.7. The van der Waals surface area contributed by atoms with Crippen molar-refractivity contribution in [1.29, 1.82) is 0 Å². The lowest BCUT2D eigenvalue weighted by Gasteiger charge is -2.31. The van der Waals surface area contributed by atoms with Crippen molar-refractivity contribution in [3.05, 3.63) is 0 Å². The summed E-state index contributed by atoms with van der Waals surface area (Å²) in [6.45, 7) is 2.72. The van der Waals surface area contributed by atoms with Gasteiger partial charge in [-0.1, -0.05) is 0 Å². The summed E-state index contributed by atoms with van der Waals surface area (Å²) >= 11 is 1.86. The van der Waals surface area contributed by atoms with Gasteiger partial charge < -0.3 is 13.1 Å².